The first-order valence-corrected chi connectivity index (χ1v) is 16.1. The molecule has 0 amide bonds. The summed E-state index contributed by atoms with van der Waals surface area (Å²) < 4.78 is 36.3. The van der Waals surface area contributed by atoms with Gasteiger partial charge < -0.3 is 33.5 Å². The zero-order valence-corrected chi connectivity index (χ0v) is 26.6. The van der Waals surface area contributed by atoms with Crippen LogP contribution in [0.5, 0.6) is 5.75 Å². The highest BCUT2D eigenvalue weighted by molar-refractivity contribution is 7.22. The predicted molar refractivity (Wildman–Crippen MR) is 166 cm³/mol. The second kappa shape index (κ2) is 12.1. The van der Waals surface area contributed by atoms with Crippen molar-refractivity contribution in [1.29, 1.82) is 0 Å². The van der Waals surface area contributed by atoms with Crippen molar-refractivity contribution in [2.75, 3.05) is 25.6 Å². The van der Waals surface area contributed by atoms with E-state index < -0.39 is 5.97 Å². The molecule has 1 saturated carbocycles. The highest BCUT2D eigenvalue weighted by atomic mass is 35.5. The number of carbonyl (C=O) groups is 1. The van der Waals surface area contributed by atoms with Gasteiger partial charge in [0.2, 0.25) is 0 Å². The van der Waals surface area contributed by atoms with Crippen molar-refractivity contribution in [3.63, 3.8) is 0 Å². The van der Waals surface area contributed by atoms with E-state index in [1.165, 1.54) is 18.4 Å². The Balaban J connectivity index is 1.06. The minimum absolute atomic E-state index is 0.0899. The van der Waals surface area contributed by atoms with Gasteiger partial charge in [0.1, 0.15) is 41.0 Å². The molecule has 2 aromatic heterocycles. The highest BCUT2D eigenvalue weighted by Gasteiger charge is 2.49. The van der Waals surface area contributed by atoms with Gasteiger partial charge >= 0.3 is 5.97 Å². The van der Waals surface area contributed by atoms with Crippen LogP contribution >= 0.6 is 34.5 Å². The molecule has 0 unspecified atom stereocenters. The molecule has 4 atom stereocenters. The van der Waals surface area contributed by atoms with Gasteiger partial charge in [-0.15, -0.1) is 0 Å². The maximum Gasteiger partial charge on any atom is 0.338 e. The Hall–Kier alpha value is -2.93. The number of esters is 1. The number of hydrogen-bond acceptors (Lipinski definition) is 11. The average Bonchev–Trinajstić information content (AvgIpc) is 3.29. The molecule has 2 saturated heterocycles. The number of benzene rings is 2. The molecule has 2 aromatic carbocycles. The Morgan fingerprint density at radius 2 is 1.91 bits per heavy atom. The Morgan fingerprint density at radius 3 is 2.64 bits per heavy atom. The van der Waals surface area contributed by atoms with Gasteiger partial charge in [-0.3, -0.25) is 0 Å². The quantitative estimate of drug-likeness (QED) is 0.181. The normalized spacial score (nSPS) is 23.0. The van der Waals surface area contributed by atoms with Gasteiger partial charge in [-0.05, 0) is 51.0 Å². The van der Waals surface area contributed by atoms with E-state index in [1.54, 1.807) is 30.3 Å². The van der Waals surface area contributed by atoms with Crippen LogP contribution in [0, 0.1) is 0 Å². The molecule has 10 nitrogen and oxygen atoms in total. The third kappa shape index (κ3) is 5.65. The summed E-state index contributed by atoms with van der Waals surface area (Å²) in [4.78, 5) is 17.1. The molecule has 7 rings (SSSR count). The van der Waals surface area contributed by atoms with Crippen LogP contribution in [-0.4, -0.2) is 66.9 Å². The number of anilines is 1. The molecule has 0 radical (unpaired) electrons. The Labute approximate surface area is 267 Å². The Morgan fingerprint density at radius 1 is 1.14 bits per heavy atom. The molecule has 3 aliphatic rings. The van der Waals surface area contributed by atoms with Gasteiger partial charge in [0.05, 0.1) is 59.4 Å². The van der Waals surface area contributed by atoms with Gasteiger partial charge in [0.25, 0.3) is 0 Å². The number of ether oxygens (including phenoxy) is 5. The number of fused-ring (bicyclic) bond motifs is 2. The summed E-state index contributed by atoms with van der Waals surface area (Å²) >= 11 is 14.5. The molecule has 1 N–H and O–H groups in total. The van der Waals surface area contributed by atoms with Crippen LogP contribution in [0.15, 0.2) is 34.9 Å². The summed E-state index contributed by atoms with van der Waals surface area (Å²) in [6.45, 7) is 4.93. The zero-order chi connectivity index (χ0) is 30.5. The summed E-state index contributed by atoms with van der Waals surface area (Å²) in [6, 6.07) is 8.68. The molecule has 44 heavy (non-hydrogen) atoms. The second-order valence-corrected chi connectivity index (χ2v) is 13.3. The molecule has 0 spiro atoms. The van der Waals surface area contributed by atoms with Gasteiger partial charge in [-0.25, -0.2) is 9.78 Å². The first-order chi connectivity index (χ1) is 21.3. The fourth-order valence-corrected chi connectivity index (χ4v) is 7.33. The van der Waals surface area contributed by atoms with Crippen LogP contribution < -0.4 is 10.1 Å². The van der Waals surface area contributed by atoms with E-state index in [-0.39, 0.29) is 37.1 Å². The van der Waals surface area contributed by atoms with Crippen LogP contribution in [0.4, 0.5) is 5.13 Å². The third-order valence-electron chi connectivity index (χ3n) is 7.97. The van der Waals surface area contributed by atoms with E-state index in [1.807, 2.05) is 13.8 Å². The van der Waals surface area contributed by atoms with Crippen molar-refractivity contribution >= 4 is 55.9 Å². The van der Waals surface area contributed by atoms with Crippen LogP contribution in [-0.2, 0) is 25.6 Å². The van der Waals surface area contributed by atoms with Crippen molar-refractivity contribution < 1.29 is 33.0 Å². The smallest absolute Gasteiger partial charge is 0.338 e. The maximum absolute atomic E-state index is 12.3. The maximum atomic E-state index is 12.3. The number of aromatic nitrogens is 2. The largest absolute Gasteiger partial charge is 0.489 e. The van der Waals surface area contributed by atoms with Crippen LogP contribution in [0.25, 0.3) is 21.5 Å². The fourth-order valence-electron chi connectivity index (χ4n) is 5.77. The highest BCUT2D eigenvalue weighted by Crippen LogP contribution is 2.46. The molecule has 1 aliphatic carbocycles. The summed E-state index contributed by atoms with van der Waals surface area (Å²) in [5.41, 5.74) is 3.20. The number of nitrogens with one attached hydrogen (secondary N) is 1. The average molecular weight is 661 g/mol. The molecule has 4 heterocycles. The lowest BCUT2D eigenvalue weighted by molar-refractivity contribution is -0.0390. The van der Waals surface area contributed by atoms with E-state index in [4.69, 9.17) is 56.4 Å². The van der Waals surface area contributed by atoms with E-state index >= 15 is 0 Å². The first-order valence-electron chi connectivity index (χ1n) is 14.5. The number of carbonyl (C=O) groups excluding carboxylic acids is 1. The molecule has 232 valence electrons. The first kappa shape index (κ1) is 29.8. The molecule has 2 aliphatic heterocycles. The van der Waals surface area contributed by atoms with Gasteiger partial charge in [-0.1, -0.05) is 45.8 Å². The second-order valence-electron chi connectivity index (χ2n) is 11.4. The van der Waals surface area contributed by atoms with Crippen molar-refractivity contribution in [3.05, 3.63) is 57.3 Å². The van der Waals surface area contributed by atoms with E-state index in [9.17, 15) is 4.79 Å². The number of hydrogen-bond donors (Lipinski definition) is 1. The molecule has 4 aromatic rings. The summed E-state index contributed by atoms with van der Waals surface area (Å²) in [5, 5.41) is 9.54. The molecular formula is C31H31Cl2N3O7S. The molecule has 13 heteroatoms. The summed E-state index contributed by atoms with van der Waals surface area (Å²) in [6.07, 6.45) is 1.23. The monoisotopic (exact) mass is 659 g/mol. The topological polar surface area (TPSA) is 114 Å². The number of rotatable bonds is 10. The number of methoxy groups -OCH3 is 1. The lowest BCUT2D eigenvalue weighted by atomic mass is 10.0. The number of halogens is 2. The van der Waals surface area contributed by atoms with Crippen LogP contribution in [0.1, 0.15) is 54.3 Å². The Bertz CT molecular complexity index is 1680. The zero-order valence-electron chi connectivity index (χ0n) is 24.3. The lowest BCUT2D eigenvalue weighted by Crippen LogP contribution is -2.36. The van der Waals surface area contributed by atoms with E-state index in [0.717, 1.165) is 28.9 Å². The van der Waals surface area contributed by atoms with Crippen molar-refractivity contribution in [2.45, 2.75) is 69.7 Å². The van der Waals surface area contributed by atoms with Crippen molar-refractivity contribution in [1.82, 2.24) is 10.1 Å². The van der Waals surface area contributed by atoms with Crippen LogP contribution in [0.2, 0.25) is 10.0 Å². The van der Waals surface area contributed by atoms with Crippen molar-refractivity contribution in [3.8, 4) is 17.0 Å². The van der Waals surface area contributed by atoms with E-state index in [2.05, 4.69) is 10.5 Å². The fraction of sp³-hybridized carbons (Fsp3) is 0.452. The van der Waals surface area contributed by atoms with Gasteiger partial charge in [-0.2, -0.15) is 0 Å². The third-order valence-corrected chi connectivity index (χ3v) is 9.53. The number of nitrogens with zero attached hydrogens (tertiary/aromatic N) is 2. The minimum Gasteiger partial charge on any atom is -0.489 e. The summed E-state index contributed by atoms with van der Waals surface area (Å²) in [5.74, 6) is 1.25. The predicted octanol–water partition coefficient (Wildman–Crippen LogP) is 6.87. The lowest BCUT2D eigenvalue weighted by Gasteiger charge is -2.18. The number of thiazole rings is 1. The summed E-state index contributed by atoms with van der Waals surface area (Å²) in [7, 11) is 1.36. The standard InChI is InChI=1S/C31H31Cl2N3O7S/c1-14(2)42-21-9-16(30(37)38-3)10-23-26(21)35-31(44-23)34-20-12-40-29-22(13-41-28(20)29)39-11-17-25(36-43-27(17)15-7-8-15)24-18(32)5-4-6-19(24)33/h4-6,9-10,14-15,20,22,28-29H,7-8,11-13H2,1-3H3,(H,34,35)/t20-,22-,28-,29-/m1/s1. The molecular weight excluding hydrogens is 629 g/mol. The molecule has 0 bridgehead atoms. The van der Waals surface area contributed by atoms with E-state index in [0.29, 0.717) is 62.4 Å². The van der Waals surface area contributed by atoms with Crippen molar-refractivity contribution in [2.24, 2.45) is 0 Å². The molecule has 3 fully saturated rings. The van der Waals surface area contributed by atoms with Crippen LogP contribution in [0.3, 0.4) is 0 Å². The Kier molecular flexibility index (Phi) is 8.19. The van der Waals surface area contributed by atoms with Gasteiger partial charge in [0, 0.05) is 17.0 Å². The SMILES string of the molecule is COC(=O)c1cc(OC(C)C)c2nc(N[C@@H]3CO[C@H]4[C@@H]3OC[C@H]4OCc3c(-c4c(Cl)cccc4Cl)noc3C3CC3)sc2c1. The minimum atomic E-state index is -0.432. The van der Waals surface area contributed by atoms with Gasteiger partial charge in [0.15, 0.2) is 5.13 Å².